The number of carboxylic acids is 1. The van der Waals surface area contributed by atoms with Crippen LogP contribution in [-0.4, -0.2) is 29.9 Å². The Morgan fingerprint density at radius 3 is 2.42 bits per heavy atom. The summed E-state index contributed by atoms with van der Waals surface area (Å²) in [6, 6.07) is 0. The van der Waals surface area contributed by atoms with Gasteiger partial charge in [0, 0.05) is 6.54 Å². The van der Waals surface area contributed by atoms with Crippen LogP contribution in [-0.2, 0) is 9.59 Å². The first kappa shape index (κ1) is 9.19. The maximum atomic E-state index is 11.1. The topological polar surface area (TPSA) is 66.4 Å². The predicted molar refractivity (Wildman–Crippen MR) is 42.9 cm³/mol. The van der Waals surface area contributed by atoms with Crippen molar-refractivity contribution in [1.29, 1.82) is 0 Å². The zero-order valence-corrected chi connectivity index (χ0v) is 7.09. The first-order valence-corrected chi connectivity index (χ1v) is 4.05. The molecule has 0 aromatic heterocycles. The lowest BCUT2D eigenvalue weighted by atomic mass is 9.77. The van der Waals surface area contributed by atoms with Crippen molar-refractivity contribution < 1.29 is 14.7 Å². The molecule has 1 unspecified atom stereocenters. The fraction of sp³-hybridized carbons (Fsp3) is 0.750. The number of carbonyl (C=O) groups is 2. The standard InChI is InChI=1S/C8H13NO3/c1-6(10)8(7(11)12)3-2-4-9-5-8/h9H,2-5H2,1H3,(H,11,12). The van der Waals surface area contributed by atoms with Crippen molar-refractivity contribution in [2.24, 2.45) is 5.41 Å². The number of aliphatic carboxylic acids is 1. The number of piperidine rings is 1. The summed E-state index contributed by atoms with van der Waals surface area (Å²) in [4.78, 5) is 22.0. The average molecular weight is 171 g/mol. The van der Waals surface area contributed by atoms with E-state index in [2.05, 4.69) is 5.32 Å². The number of hydrogen-bond donors (Lipinski definition) is 2. The highest BCUT2D eigenvalue weighted by Gasteiger charge is 2.44. The van der Waals surface area contributed by atoms with Gasteiger partial charge in [-0.05, 0) is 26.3 Å². The van der Waals surface area contributed by atoms with Crippen molar-refractivity contribution in [3.8, 4) is 0 Å². The summed E-state index contributed by atoms with van der Waals surface area (Å²) in [5.74, 6) is -1.25. The number of rotatable bonds is 2. The van der Waals surface area contributed by atoms with Crippen LogP contribution in [0.25, 0.3) is 0 Å². The van der Waals surface area contributed by atoms with E-state index in [9.17, 15) is 9.59 Å². The molecule has 0 spiro atoms. The molecule has 1 saturated heterocycles. The Morgan fingerprint density at radius 1 is 1.50 bits per heavy atom. The highest BCUT2D eigenvalue weighted by atomic mass is 16.4. The van der Waals surface area contributed by atoms with Gasteiger partial charge < -0.3 is 10.4 Å². The van der Waals surface area contributed by atoms with Gasteiger partial charge in [-0.25, -0.2) is 0 Å². The van der Waals surface area contributed by atoms with Crippen LogP contribution in [0.4, 0.5) is 0 Å². The minimum absolute atomic E-state index is 0.248. The molecule has 1 aliphatic heterocycles. The zero-order chi connectivity index (χ0) is 9.19. The molecule has 1 heterocycles. The summed E-state index contributed by atoms with van der Waals surface area (Å²) in [5, 5.41) is 11.8. The first-order valence-electron chi connectivity index (χ1n) is 4.05. The third-order valence-corrected chi connectivity index (χ3v) is 2.47. The van der Waals surface area contributed by atoms with E-state index in [-0.39, 0.29) is 12.3 Å². The van der Waals surface area contributed by atoms with E-state index in [1.54, 1.807) is 0 Å². The third kappa shape index (κ3) is 1.34. The Bertz CT molecular complexity index is 190. The fourth-order valence-corrected chi connectivity index (χ4v) is 1.54. The molecule has 4 nitrogen and oxygen atoms in total. The van der Waals surface area contributed by atoms with Crippen LogP contribution < -0.4 is 5.32 Å². The largest absolute Gasteiger partial charge is 0.480 e. The van der Waals surface area contributed by atoms with Crippen molar-refractivity contribution in [2.45, 2.75) is 19.8 Å². The highest BCUT2D eigenvalue weighted by molar-refractivity contribution is 6.02. The summed E-state index contributed by atoms with van der Waals surface area (Å²) < 4.78 is 0. The molecule has 68 valence electrons. The van der Waals surface area contributed by atoms with Gasteiger partial charge >= 0.3 is 5.97 Å². The fourth-order valence-electron chi connectivity index (χ4n) is 1.54. The quantitative estimate of drug-likeness (QED) is 0.575. The molecule has 0 aromatic rings. The zero-order valence-electron chi connectivity index (χ0n) is 7.09. The van der Waals surface area contributed by atoms with E-state index < -0.39 is 11.4 Å². The summed E-state index contributed by atoms with van der Waals surface area (Å²) in [7, 11) is 0. The average Bonchev–Trinajstić information content (AvgIpc) is 2.05. The molecular formula is C8H13NO3. The molecular weight excluding hydrogens is 158 g/mol. The second-order valence-electron chi connectivity index (χ2n) is 3.22. The van der Waals surface area contributed by atoms with Gasteiger partial charge in [0.15, 0.2) is 0 Å². The number of ketones is 1. The van der Waals surface area contributed by atoms with E-state index in [1.807, 2.05) is 0 Å². The van der Waals surface area contributed by atoms with Gasteiger partial charge in [0.25, 0.3) is 0 Å². The number of carbonyl (C=O) groups excluding carboxylic acids is 1. The molecule has 1 atom stereocenters. The smallest absolute Gasteiger partial charge is 0.318 e. The number of hydrogen-bond acceptors (Lipinski definition) is 3. The van der Waals surface area contributed by atoms with E-state index in [0.29, 0.717) is 6.42 Å². The van der Waals surface area contributed by atoms with Crippen molar-refractivity contribution in [1.82, 2.24) is 5.32 Å². The normalized spacial score (nSPS) is 29.8. The van der Waals surface area contributed by atoms with Crippen molar-refractivity contribution in [2.75, 3.05) is 13.1 Å². The van der Waals surface area contributed by atoms with Gasteiger partial charge in [0.05, 0.1) is 0 Å². The lowest BCUT2D eigenvalue weighted by Gasteiger charge is -2.30. The minimum Gasteiger partial charge on any atom is -0.480 e. The molecule has 0 aliphatic carbocycles. The molecule has 0 aromatic carbocycles. The van der Waals surface area contributed by atoms with Crippen LogP contribution >= 0.6 is 0 Å². The summed E-state index contributed by atoms with van der Waals surface area (Å²) in [6.07, 6.45) is 1.22. The monoisotopic (exact) mass is 171 g/mol. The highest BCUT2D eigenvalue weighted by Crippen LogP contribution is 2.27. The van der Waals surface area contributed by atoms with Crippen molar-refractivity contribution in [3.63, 3.8) is 0 Å². The Morgan fingerprint density at radius 2 is 2.17 bits per heavy atom. The molecule has 1 fully saturated rings. The molecule has 4 heteroatoms. The SMILES string of the molecule is CC(=O)C1(C(=O)O)CCCNC1. The van der Waals surface area contributed by atoms with Crippen molar-refractivity contribution >= 4 is 11.8 Å². The molecule has 0 saturated carbocycles. The molecule has 0 radical (unpaired) electrons. The van der Waals surface area contributed by atoms with Gasteiger partial charge in [0.1, 0.15) is 11.2 Å². The van der Waals surface area contributed by atoms with Crippen LogP contribution in [0.1, 0.15) is 19.8 Å². The maximum absolute atomic E-state index is 11.1. The van der Waals surface area contributed by atoms with Gasteiger partial charge in [-0.15, -0.1) is 0 Å². The number of nitrogens with one attached hydrogen (secondary N) is 1. The molecule has 1 rings (SSSR count). The Hall–Kier alpha value is -0.900. The van der Waals surface area contributed by atoms with E-state index >= 15 is 0 Å². The Labute approximate surface area is 71.0 Å². The third-order valence-electron chi connectivity index (χ3n) is 2.47. The van der Waals surface area contributed by atoms with Gasteiger partial charge in [-0.2, -0.15) is 0 Å². The minimum atomic E-state index is -1.15. The first-order chi connectivity index (χ1) is 5.59. The van der Waals surface area contributed by atoms with Gasteiger partial charge in [-0.1, -0.05) is 0 Å². The maximum Gasteiger partial charge on any atom is 0.318 e. The van der Waals surface area contributed by atoms with Crippen LogP contribution in [0.2, 0.25) is 0 Å². The number of Topliss-reactive ketones (excluding diaryl/α,β-unsaturated/α-hetero) is 1. The van der Waals surface area contributed by atoms with Crippen LogP contribution in [0, 0.1) is 5.41 Å². The van der Waals surface area contributed by atoms with Crippen molar-refractivity contribution in [3.05, 3.63) is 0 Å². The molecule has 0 bridgehead atoms. The number of carboxylic acid groups (broad SMARTS) is 1. The van der Waals surface area contributed by atoms with Crippen LogP contribution in [0.15, 0.2) is 0 Å². The Balaban J connectivity index is 2.84. The summed E-state index contributed by atoms with van der Waals surface area (Å²) in [5.41, 5.74) is -1.15. The lowest BCUT2D eigenvalue weighted by Crippen LogP contribution is -2.49. The van der Waals surface area contributed by atoms with Crippen LogP contribution in [0.3, 0.4) is 0 Å². The molecule has 12 heavy (non-hydrogen) atoms. The summed E-state index contributed by atoms with van der Waals surface area (Å²) >= 11 is 0. The van der Waals surface area contributed by atoms with Gasteiger partial charge in [0.2, 0.25) is 0 Å². The Kier molecular flexibility index (Phi) is 2.47. The lowest BCUT2D eigenvalue weighted by molar-refractivity contribution is -0.155. The second-order valence-corrected chi connectivity index (χ2v) is 3.22. The summed E-state index contributed by atoms with van der Waals surface area (Å²) in [6.45, 7) is 2.43. The molecule has 0 amide bonds. The predicted octanol–water partition coefficient (Wildman–Crippen LogP) is 0.0298. The van der Waals surface area contributed by atoms with Gasteiger partial charge in [-0.3, -0.25) is 9.59 Å². The van der Waals surface area contributed by atoms with Crippen LogP contribution in [0.5, 0.6) is 0 Å². The molecule has 1 aliphatic rings. The second kappa shape index (κ2) is 3.23. The van der Waals surface area contributed by atoms with E-state index in [1.165, 1.54) is 6.92 Å². The molecule has 2 N–H and O–H groups in total. The van der Waals surface area contributed by atoms with E-state index in [4.69, 9.17) is 5.11 Å². The van der Waals surface area contributed by atoms with E-state index in [0.717, 1.165) is 13.0 Å².